The van der Waals surface area contributed by atoms with Crippen molar-refractivity contribution in [1.82, 2.24) is 4.98 Å². The highest BCUT2D eigenvalue weighted by Gasteiger charge is 2.14. The van der Waals surface area contributed by atoms with Crippen molar-refractivity contribution < 1.29 is 14.3 Å². The Balaban J connectivity index is 1.70. The lowest BCUT2D eigenvalue weighted by molar-refractivity contribution is -0.115. The molecule has 0 aliphatic rings. The van der Waals surface area contributed by atoms with Crippen LogP contribution in [0.3, 0.4) is 0 Å². The number of hydrogen-bond acceptors (Lipinski definition) is 5. The number of aromatic nitrogens is 1. The summed E-state index contributed by atoms with van der Waals surface area (Å²) in [4.78, 5) is 28.5. The zero-order chi connectivity index (χ0) is 17.6. The van der Waals surface area contributed by atoms with Gasteiger partial charge in [-0.25, -0.2) is 9.78 Å². The minimum atomic E-state index is -0.490. The minimum absolute atomic E-state index is 0.138. The van der Waals surface area contributed by atoms with Crippen molar-refractivity contribution in [2.24, 2.45) is 0 Å². The number of rotatable bonds is 5. The molecule has 1 N–H and O–H groups in total. The summed E-state index contributed by atoms with van der Waals surface area (Å²) in [6.07, 6.45) is 0.138. The van der Waals surface area contributed by atoms with Gasteiger partial charge in [-0.2, -0.15) is 0 Å². The van der Waals surface area contributed by atoms with E-state index in [0.717, 1.165) is 10.6 Å². The van der Waals surface area contributed by atoms with Gasteiger partial charge in [0, 0.05) is 10.9 Å². The molecule has 0 radical (unpaired) electrons. The Morgan fingerprint density at radius 2 is 1.80 bits per heavy atom. The number of amides is 1. The first-order valence-corrected chi connectivity index (χ1v) is 8.52. The van der Waals surface area contributed by atoms with Crippen molar-refractivity contribution in [3.8, 4) is 10.6 Å². The van der Waals surface area contributed by atoms with Gasteiger partial charge in [-0.3, -0.25) is 4.79 Å². The molecule has 0 spiro atoms. The second-order valence-corrected chi connectivity index (χ2v) is 6.13. The Kier molecular flexibility index (Phi) is 5.20. The average molecular weight is 352 g/mol. The maximum atomic E-state index is 12.3. The van der Waals surface area contributed by atoms with E-state index in [9.17, 15) is 9.59 Å². The Bertz CT molecular complexity index is 890. The number of carbonyl (C=O) groups excluding carboxylic acids is 2. The van der Waals surface area contributed by atoms with E-state index in [1.807, 2.05) is 35.7 Å². The monoisotopic (exact) mass is 352 g/mol. The normalized spacial score (nSPS) is 10.3. The molecule has 0 atom stereocenters. The van der Waals surface area contributed by atoms with E-state index in [0.29, 0.717) is 16.9 Å². The van der Waals surface area contributed by atoms with E-state index in [1.54, 1.807) is 24.3 Å². The predicted molar refractivity (Wildman–Crippen MR) is 97.7 cm³/mol. The summed E-state index contributed by atoms with van der Waals surface area (Å²) >= 11 is 1.50. The molecule has 3 aromatic rings. The molecule has 1 amide bonds. The van der Waals surface area contributed by atoms with E-state index in [1.165, 1.54) is 18.4 Å². The van der Waals surface area contributed by atoms with Gasteiger partial charge in [-0.05, 0) is 12.1 Å². The SMILES string of the molecule is COC(=O)c1ccccc1NC(=O)Cc1csc(-c2ccccc2)n1. The van der Waals surface area contributed by atoms with Crippen LogP contribution in [-0.2, 0) is 16.0 Å². The number of para-hydroxylation sites is 1. The molecule has 1 aromatic heterocycles. The smallest absolute Gasteiger partial charge is 0.339 e. The Morgan fingerprint density at radius 1 is 1.08 bits per heavy atom. The molecule has 5 nitrogen and oxygen atoms in total. The van der Waals surface area contributed by atoms with Gasteiger partial charge in [-0.15, -0.1) is 11.3 Å². The Labute approximate surface area is 149 Å². The van der Waals surface area contributed by atoms with Crippen LogP contribution in [0.15, 0.2) is 60.0 Å². The first-order chi connectivity index (χ1) is 12.2. The second kappa shape index (κ2) is 7.72. The fraction of sp³-hybridized carbons (Fsp3) is 0.105. The number of thiazole rings is 1. The fourth-order valence-corrected chi connectivity index (χ4v) is 3.17. The van der Waals surface area contributed by atoms with E-state index >= 15 is 0 Å². The van der Waals surface area contributed by atoms with Gasteiger partial charge >= 0.3 is 5.97 Å². The number of esters is 1. The van der Waals surface area contributed by atoms with Crippen LogP contribution in [0.5, 0.6) is 0 Å². The van der Waals surface area contributed by atoms with Crippen LogP contribution < -0.4 is 5.32 Å². The lowest BCUT2D eigenvalue weighted by Gasteiger charge is -2.08. The van der Waals surface area contributed by atoms with E-state index in [-0.39, 0.29) is 12.3 Å². The van der Waals surface area contributed by atoms with Crippen molar-refractivity contribution >= 4 is 28.9 Å². The standard InChI is InChI=1S/C19H16N2O3S/c1-24-19(23)15-9-5-6-10-16(15)21-17(22)11-14-12-25-18(20-14)13-7-3-2-4-8-13/h2-10,12H,11H2,1H3,(H,21,22). The number of hydrogen-bond donors (Lipinski definition) is 1. The lowest BCUT2D eigenvalue weighted by Crippen LogP contribution is -2.17. The molecule has 3 rings (SSSR count). The third kappa shape index (κ3) is 4.10. The molecule has 2 aromatic carbocycles. The van der Waals surface area contributed by atoms with Crippen molar-refractivity contribution in [3.63, 3.8) is 0 Å². The Morgan fingerprint density at radius 3 is 2.56 bits per heavy atom. The van der Waals surface area contributed by atoms with Gasteiger partial charge in [0.15, 0.2) is 0 Å². The van der Waals surface area contributed by atoms with Gasteiger partial charge in [-0.1, -0.05) is 42.5 Å². The van der Waals surface area contributed by atoms with Crippen LogP contribution in [0.1, 0.15) is 16.1 Å². The molecule has 6 heteroatoms. The number of ether oxygens (including phenoxy) is 1. The molecule has 0 aliphatic carbocycles. The summed E-state index contributed by atoms with van der Waals surface area (Å²) in [6.45, 7) is 0. The molecule has 0 unspecified atom stereocenters. The summed E-state index contributed by atoms with van der Waals surface area (Å²) in [5.74, 6) is -0.725. The maximum absolute atomic E-state index is 12.3. The van der Waals surface area contributed by atoms with Crippen molar-refractivity contribution in [1.29, 1.82) is 0 Å². The zero-order valence-corrected chi connectivity index (χ0v) is 14.4. The van der Waals surface area contributed by atoms with Crippen molar-refractivity contribution in [2.45, 2.75) is 6.42 Å². The molecule has 0 fully saturated rings. The molecule has 25 heavy (non-hydrogen) atoms. The summed E-state index contributed by atoms with van der Waals surface area (Å²) in [5, 5.41) is 5.49. The summed E-state index contributed by atoms with van der Waals surface area (Å²) in [5.41, 5.74) is 2.46. The molecule has 0 saturated carbocycles. The predicted octanol–water partition coefficient (Wildman–Crippen LogP) is 3.78. The highest BCUT2D eigenvalue weighted by Crippen LogP contribution is 2.24. The highest BCUT2D eigenvalue weighted by atomic mass is 32.1. The summed E-state index contributed by atoms with van der Waals surface area (Å²) in [7, 11) is 1.31. The van der Waals surface area contributed by atoms with Crippen LogP contribution in [0.25, 0.3) is 10.6 Å². The topological polar surface area (TPSA) is 68.3 Å². The minimum Gasteiger partial charge on any atom is -0.465 e. The van der Waals surface area contributed by atoms with E-state index in [2.05, 4.69) is 10.3 Å². The van der Waals surface area contributed by atoms with Gasteiger partial charge in [0.1, 0.15) is 5.01 Å². The third-order valence-electron chi connectivity index (χ3n) is 3.52. The van der Waals surface area contributed by atoms with Gasteiger partial charge in [0.2, 0.25) is 5.91 Å². The molecular formula is C19H16N2O3S. The molecule has 0 aliphatic heterocycles. The number of carbonyl (C=O) groups is 2. The van der Waals surface area contributed by atoms with Crippen LogP contribution in [0.2, 0.25) is 0 Å². The maximum Gasteiger partial charge on any atom is 0.339 e. The number of methoxy groups -OCH3 is 1. The zero-order valence-electron chi connectivity index (χ0n) is 13.6. The second-order valence-electron chi connectivity index (χ2n) is 5.27. The van der Waals surface area contributed by atoms with Crippen LogP contribution in [-0.4, -0.2) is 24.0 Å². The van der Waals surface area contributed by atoms with Gasteiger partial charge < -0.3 is 10.1 Å². The highest BCUT2D eigenvalue weighted by molar-refractivity contribution is 7.13. The number of anilines is 1. The van der Waals surface area contributed by atoms with Gasteiger partial charge in [0.25, 0.3) is 0 Å². The quantitative estimate of drug-likeness (QED) is 0.710. The first kappa shape index (κ1) is 16.9. The fourth-order valence-electron chi connectivity index (χ4n) is 2.34. The lowest BCUT2D eigenvalue weighted by atomic mass is 10.1. The van der Waals surface area contributed by atoms with Crippen LogP contribution in [0.4, 0.5) is 5.69 Å². The van der Waals surface area contributed by atoms with Crippen LogP contribution in [0, 0.1) is 0 Å². The van der Waals surface area contributed by atoms with Crippen molar-refractivity contribution in [3.05, 3.63) is 71.2 Å². The molecule has 1 heterocycles. The first-order valence-electron chi connectivity index (χ1n) is 7.64. The molecule has 126 valence electrons. The van der Waals surface area contributed by atoms with Crippen LogP contribution >= 0.6 is 11.3 Å². The third-order valence-corrected chi connectivity index (χ3v) is 4.46. The number of benzene rings is 2. The van der Waals surface area contributed by atoms with E-state index < -0.39 is 5.97 Å². The molecular weight excluding hydrogens is 336 g/mol. The molecule has 0 bridgehead atoms. The average Bonchev–Trinajstić information content (AvgIpc) is 3.10. The summed E-state index contributed by atoms with van der Waals surface area (Å²) < 4.78 is 4.73. The van der Waals surface area contributed by atoms with Crippen molar-refractivity contribution in [2.75, 3.05) is 12.4 Å². The van der Waals surface area contributed by atoms with Gasteiger partial charge in [0.05, 0.1) is 30.5 Å². The Hall–Kier alpha value is -2.99. The number of nitrogens with zero attached hydrogens (tertiary/aromatic N) is 1. The molecule has 0 saturated heterocycles. The van der Waals surface area contributed by atoms with E-state index in [4.69, 9.17) is 4.74 Å². The summed E-state index contributed by atoms with van der Waals surface area (Å²) in [6, 6.07) is 16.6. The number of nitrogens with one attached hydrogen (secondary N) is 1. The largest absolute Gasteiger partial charge is 0.465 e.